The number of thiocarbonyl (C=S) groups is 1. The number of anilines is 1. The van der Waals surface area contributed by atoms with Gasteiger partial charge in [0.2, 0.25) is 5.91 Å². The molecule has 0 saturated carbocycles. The van der Waals surface area contributed by atoms with E-state index >= 15 is 0 Å². The van der Waals surface area contributed by atoms with E-state index in [1.807, 2.05) is 0 Å². The lowest BCUT2D eigenvalue weighted by molar-refractivity contribution is -0.116. The zero-order valence-electron chi connectivity index (χ0n) is 8.30. The van der Waals surface area contributed by atoms with Gasteiger partial charge in [-0.15, -0.1) is 0 Å². The van der Waals surface area contributed by atoms with Crippen LogP contribution in [0.3, 0.4) is 0 Å². The molecule has 0 fully saturated rings. The summed E-state index contributed by atoms with van der Waals surface area (Å²) in [5, 5.41) is 2.53. The summed E-state index contributed by atoms with van der Waals surface area (Å²) in [6, 6.07) is 3.96. The average molecular weight is 261 g/mol. The minimum absolute atomic E-state index is 0.0351. The number of rotatable bonds is 4. The zero-order valence-corrected chi connectivity index (χ0v) is 9.87. The molecule has 0 aliphatic rings. The maximum absolute atomic E-state index is 12.8. The van der Waals surface area contributed by atoms with Crippen LogP contribution in [0.5, 0.6) is 0 Å². The molecule has 1 rings (SSSR count). The quantitative estimate of drug-likeness (QED) is 0.818. The molecule has 0 heterocycles. The normalized spacial score (nSPS) is 9.88. The molecule has 1 amide bonds. The fourth-order valence-electron chi connectivity index (χ4n) is 1.03. The molecule has 6 heteroatoms. The number of hydrogen-bond acceptors (Lipinski definition) is 2. The van der Waals surface area contributed by atoms with Gasteiger partial charge in [0.15, 0.2) is 0 Å². The summed E-state index contributed by atoms with van der Waals surface area (Å²) >= 11 is 10.2. The van der Waals surface area contributed by atoms with Crippen LogP contribution in [0.1, 0.15) is 12.8 Å². The topological polar surface area (TPSA) is 55.1 Å². The van der Waals surface area contributed by atoms with Crippen molar-refractivity contribution < 1.29 is 9.18 Å². The number of nitrogens with two attached hydrogens (primary N) is 1. The molecular formula is C10H10ClFN2OS. The summed E-state index contributed by atoms with van der Waals surface area (Å²) in [6.45, 7) is 0. The summed E-state index contributed by atoms with van der Waals surface area (Å²) < 4.78 is 12.8. The van der Waals surface area contributed by atoms with E-state index in [2.05, 4.69) is 17.5 Å². The number of nitrogens with one attached hydrogen (secondary N) is 1. The third-order valence-electron chi connectivity index (χ3n) is 1.80. The van der Waals surface area contributed by atoms with Crippen LogP contribution in [0.25, 0.3) is 0 Å². The minimum Gasteiger partial charge on any atom is -0.393 e. The van der Waals surface area contributed by atoms with Crippen molar-refractivity contribution in [2.24, 2.45) is 5.73 Å². The summed E-state index contributed by atoms with van der Waals surface area (Å²) in [4.78, 5) is 11.6. The van der Waals surface area contributed by atoms with E-state index in [4.69, 9.17) is 17.3 Å². The van der Waals surface area contributed by atoms with Gasteiger partial charge < -0.3 is 11.1 Å². The van der Waals surface area contributed by atoms with E-state index in [0.29, 0.717) is 12.1 Å². The van der Waals surface area contributed by atoms with Gasteiger partial charge in [-0.25, -0.2) is 4.39 Å². The fourth-order valence-corrected chi connectivity index (χ4v) is 1.32. The molecule has 1 aromatic rings. The molecule has 86 valence electrons. The van der Waals surface area contributed by atoms with Gasteiger partial charge in [0.05, 0.1) is 10.0 Å². The maximum Gasteiger partial charge on any atom is 0.224 e. The fraction of sp³-hybridized carbons (Fsp3) is 0.200. The molecule has 3 nitrogen and oxygen atoms in total. The second-order valence-corrected chi connectivity index (χ2v) is 4.07. The van der Waals surface area contributed by atoms with Crippen molar-refractivity contribution >= 4 is 40.4 Å². The lowest BCUT2D eigenvalue weighted by Crippen LogP contribution is -2.16. The molecule has 1 aromatic carbocycles. The summed E-state index contributed by atoms with van der Waals surface area (Å²) in [5.41, 5.74) is 5.70. The van der Waals surface area contributed by atoms with E-state index in [0.717, 1.165) is 0 Å². The molecule has 0 aromatic heterocycles. The third-order valence-corrected chi connectivity index (χ3v) is 2.30. The van der Waals surface area contributed by atoms with Crippen molar-refractivity contribution in [1.29, 1.82) is 0 Å². The summed E-state index contributed by atoms with van der Waals surface area (Å²) in [7, 11) is 0. The predicted molar refractivity (Wildman–Crippen MR) is 66.1 cm³/mol. The van der Waals surface area contributed by atoms with Crippen LogP contribution >= 0.6 is 23.8 Å². The Hall–Kier alpha value is -1.20. The number of hydrogen-bond donors (Lipinski definition) is 2. The smallest absolute Gasteiger partial charge is 0.224 e. The van der Waals surface area contributed by atoms with Crippen molar-refractivity contribution in [3.05, 3.63) is 29.0 Å². The van der Waals surface area contributed by atoms with E-state index in [1.165, 1.54) is 18.2 Å². The highest BCUT2D eigenvalue weighted by Crippen LogP contribution is 2.19. The van der Waals surface area contributed by atoms with Crippen LogP contribution in [-0.2, 0) is 4.79 Å². The Morgan fingerprint density at radius 3 is 2.75 bits per heavy atom. The lowest BCUT2D eigenvalue weighted by atomic mass is 10.2. The maximum atomic E-state index is 12.8. The molecule has 0 spiro atoms. The standard InChI is InChI=1S/C10H10ClFN2OS/c11-7-5-6(1-2-8(7)12)14-10(15)4-3-9(13)16/h1-2,5H,3-4H2,(H2,13,16)(H,14,15). The van der Waals surface area contributed by atoms with Gasteiger partial charge in [0.1, 0.15) is 5.82 Å². The molecule has 16 heavy (non-hydrogen) atoms. The Morgan fingerprint density at radius 1 is 1.50 bits per heavy atom. The number of carbonyl (C=O) groups is 1. The predicted octanol–water partition coefficient (Wildman–Crippen LogP) is 2.48. The number of halogens is 2. The van der Waals surface area contributed by atoms with Gasteiger partial charge in [0.25, 0.3) is 0 Å². The molecule has 0 atom stereocenters. The molecule has 0 unspecified atom stereocenters. The second-order valence-electron chi connectivity index (χ2n) is 3.14. The molecule has 0 saturated heterocycles. The van der Waals surface area contributed by atoms with Crippen LogP contribution in [0, 0.1) is 5.82 Å². The molecule has 3 N–H and O–H groups in total. The SMILES string of the molecule is NC(=S)CCC(=O)Nc1ccc(F)c(Cl)c1. The molecule has 0 aliphatic heterocycles. The van der Waals surface area contributed by atoms with Gasteiger partial charge in [-0.3, -0.25) is 4.79 Å². The highest BCUT2D eigenvalue weighted by atomic mass is 35.5. The third kappa shape index (κ3) is 4.12. The summed E-state index contributed by atoms with van der Waals surface area (Å²) in [6.07, 6.45) is 0.542. The lowest BCUT2D eigenvalue weighted by Gasteiger charge is -2.05. The molecule has 0 aliphatic carbocycles. The first kappa shape index (κ1) is 12.9. The Kier molecular flexibility index (Phi) is 4.64. The highest BCUT2D eigenvalue weighted by Gasteiger charge is 2.05. The van der Waals surface area contributed by atoms with Crippen LogP contribution in [0.4, 0.5) is 10.1 Å². The Balaban J connectivity index is 2.56. The molecule has 0 bridgehead atoms. The molecular weight excluding hydrogens is 251 g/mol. The largest absolute Gasteiger partial charge is 0.393 e. The highest BCUT2D eigenvalue weighted by molar-refractivity contribution is 7.80. The summed E-state index contributed by atoms with van der Waals surface area (Å²) in [5.74, 6) is -0.765. The monoisotopic (exact) mass is 260 g/mol. The van der Waals surface area contributed by atoms with Gasteiger partial charge in [0, 0.05) is 18.5 Å². The molecule has 0 radical (unpaired) electrons. The van der Waals surface area contributed by atoms with Crippen LogP contribution in [-0.4, -0.2) is 10.9 Å². The minimum atomic E-state index is -0.525. The van der Waals surface area contributed by atoms with Crippen LogP contribution in [0.15, 0.2) is 18.2 Å². The van der Waals surface area contributed by atoms with Crippen molar-refractivity contribution in [1.82, 2.24) is 0 Å². The van der Waals surface area contributed by atoms with Crippen LogP contribution < -0.4 is 11.1 Å². The van der Waals surface area contributed by atoms with Gasteiger partial charge in [-0.1, -0.05) is 23.8 Å². The first-order chi connectivity index (χ1) is 7.49. The Bertz CT molecular complexity index is 425. The van der Waals surface area contributed by atoms with Gasteiger partial charge in [-0.2, -0.15) is 0 Å². The van der Waals surface area contributed by atoms with E-state index in [9.17, 15) is 9.18 Å². The number of carbonyl (C=O) groups excluding carboxylic acids is 1. The van der Waals surface area contributed by atoms with Crippen molar-refractivity contribution in [2.75, 3.05) is 5.32 Å². The van der Waals surface area contributed by atoms with Gasteiger partial charge >= 0.3 is 0 Å². The number of benzene rings is 1. The van der Waals surface area contributed by atoms with E-state index in [-0.39, 0.29) is 22.3 Å². The second kappa shape index (κ2) is 5.77. The Morgan fingerprint density at radius 2 is 2.19 bits per heavy atom. The van der Waals surface area contributed by atoms with Crippen molar-refractivity contribution in [2.45, 2.75) is 12.8 Å². The van der Waals surface area contributed by atoms with Crippen LogP contribution in [0.2, 0.25) is 5.02 Å². The van der Waals surface area contributed by atoms with Crippen molar-refractivity contribution in [3.63, 3.8) is 0 Å². The average Bonchev–Trinajstić information content (AvgIpc) is 2.21. The number of amides is 1. The Labute approximate surface area is 103 Å². The van der Waals surface area contributed by atoms with Crippen molar-refractivity contribution in [3.8, 4) is 0 Å². The first-order valence-corrected chi connectivity index (χ1v) is 5.31. The zero-order chi connectivity index (χ0) is 12.1. The van der Waals surface area contributed by atoms with E-state index < -0.39 is 5.82 Å². The van der Waals surface area contributed by atoms with E-state index in [1.54, 1.807) is 0 Å². The van der Waals surface area contributed by atoms with Gasteiger partial charge in [-0.05, 0) is 18.2 Å². The first-order valence-electron chi connectivity index (χ1n) is 4.52.